The minimum absolute atomic E-state index is 0.00204. The van der Waals surface area contributed by atoms with E-state index in [2.05, 4.69) is 44.2 Å². The van der Waals surface area contributed by atoms with Crippen molar-refractivity contribution in [2.45, 2.75) is 81.2 Å². The molecule has 3 heterocycles. The second-order valence-electron chi connectivity index (χ2n) is 18.3. The number of rotatable bonds is 15. The number of nitrogens with zero attached hydrogens (tertiary/aromatic N) is 2. The topological polar surface area (TPSA) is 150 Å². The van der Waals surface area contributed by atoms with Crippen LogP contribution in [0.15, 0.2) is 163 Å². The lowest BCUT2D eigenvalue weighted by Crippen LogP contribution is -2.57. The monoisotopic (exact) mass is 933 g/mol. The van der Waals surface area contributed by atoms with E-state index >= 15 is 0 Å². The first-order chi connectivity index (χ1) is 33.0. The molecule has 3 fully saturated rings. The molecule has 4 N–H and O–H groups in total. The van der Waals surface area contributed by atoms with Crippen molar-refractivity contribution in [3.8, 4) is 11.1 Å². The first-order valence-corrected chi connectivity index (χ1v) is 24.9. The third-order valence-electron chi connectivity index (χ3n) is 13.8. The zero-order valence-corrected chi connectivity index (χ0v) is 39.3. The number of anilines is 1. The van der Waals surface area contributed by atoms with Crippen LogP contribution in [0, 0.1) is 12.8 Å². The highest BCUT2D eigenvalue weighted by atomic mass is 32.2. The van der Waals surface area contributed by atoms with E-state index in [9.17, 15) is 23.1 Å². The van der Waals surface area contributed by atoms with E-state index in [-0.39, 0.29) is 48.5 Å². The number of benzene rings is 6. The Morgan fingerprint density at radius 2 is 1.44 bits per heavy atom. The van der Waals surface area contributed by atoms with Crippen LogP contribution in [-0.2, 0) is 48.7 Å². The fourth-order valence-corrected chi connectivity index (χ4v) is 10.9. The molecule has 2 amide bonds. The summed E-state index contributed by atoms with van der Waals surface area (Å²) in [5.74, 6) is -0.334. The number of aliphatic hydroxyl groups excluding tert-OH is 1. The second kappa shape index (κ2) is 20.6. The van der Waals surface area contributed by atoms with Gasteiger partial charge < -0.3 is 35.0 Å². The van der Waals surface area contributed by atoms with Crippen LogP contribution in [0.25, 0.3) is 11.1 Å². The molecule has 6 aromatic rings. The van der Waals surface area contributed by atoms with Gasteiger partial charge in [0.25, 0.3) is 0 Å². The summed E-state index contributed by atoms with van der Waals surface area (Å²) in [5.41, 5.74) is 7.74. The number of amides is 2. The predicted molar refractivity (Wildman–Crippen MR) is 262 cm³/mol. The van der Waals surface area contributed by atoms with Gasteiger partial charge >= 0.3 is 0 Å². The fourth-order valence-electron chi connectivity index (χ4n) is 9.74. The summed E-state index contributed by atoms with van der Waals surface area (Å²) in [4.78, 5) is 31.9. The van der Waals surface area contributed by atoms with Gasteiger partial charge in [-0.25, -0.2) is 8.42 Å². The number of hydrogen-bond donors (Lipinski definition) is 4. The minimum atomic E-state index is -3.98. The molecule has 5 atom stereocenters. The number of nitrogens with one attached hydrogen (secondary N) is 3. The van der Waals surface area contributed by atoms with E-state index in [4.69, 9.17) is 9.47 Å². The first-order valence-electron chi connectivity index (χ1n) is 23.4. The van der Waals surface area contributed by atoms with Crippen LogP contribution in [-0.4, -0.2) is 74.2 Å². The molecule has 1 spiro atoms. The number of hydrogen-bond acceptors (Lipinski definition) is 9. The Balaban J connectivity index is 0.882. The normalized spacial score (nSPS) is 21.0. The molecule has 0 unspecified atom stereocenters. The molecule has 3 aliphatic rings. The average Bonchev–Trinajstić information content (AvgIpc) is 3.68. The van der Waals surface area contributed by atoms with Crippen LogP contribution in [0.4, 0.5) is 5.69 Å². The zero-order valence-electron chi connectivity index (χ0n) is 38.5. The number of aryl methyl sites for hydroxylation is 1. The summed E-state index contributed by atoms with van der Waals surface area (Å²) in [6.45, 7) is 6.91. The van der Waals surface area contributed by atoms with Crippen LogP contribution >= 0.6 is 0 Å². The third kappa shape index (κ3) is 10.4. The summed E-state index contributed by atoms with van der Waals surface area (Å²) < 4.78 is 43.2. The molecule has 0 aliphatic carbocycles. The van der Waals surface area contributed by atoms with Crippen molar-refractivity contribution in [3.63, 3.8) is 0 Å². The second-order valence-corrected chi connectivity index (χ2v) is 20.0. The number of sulfonamides is 1. The molecular weight excluding hydrogens is 875 g/mol. The fraction of sp³-hybridized carbons (Fsp3) is 0.309. The molecule has 0 radical (unpaired) electrons. The van der Waals surface area contributed by atoms with Crippen molar-refractivity contribution >= 4 is 27.5 Å². The van der Waals surface area contributed by atoms with Gasteiger partial charge in [-0.05, 0) is 89.9 Å². The highest BCUT2D eigenvalue weighted by molar-refractivity contribution is 7.89. The molecule has 0 saturated carbocycles. The Kier molecular flexibility index (Phi) is 14.2. The smallest absolute Gasteiger partial charge is 0.247 e. The van der Waals surface area contributed by atoms with E-state index in [0.717, 1.165) is 63.3 Å². The van der Waals surface area contributed by atoms with Crippen molar-refractivity contribution < 1.29 is 32.6 Å². The molecule has 352 valence electrons. The van der Waals surface area contributed by atoms with Crippen LogP contribution in [0.5, 0.6) is 0 Å². The Hall–Kier alpha value is -6.19. The Labute approximate surface area is 399 Å². The maximum absolute atomic E-state index is 13.8. The van der Waals surface area contributed by atoms with Crippen molar-refractivity contribution in [2.24, 2.45) is 5.92 Å². The number of piperidine rings is 1. The molecule has 6 aromatic carbocycles. The minimum Gasteiger partial charge on any atom is -0.392 e. The molecule has 3 saturated heterocycles. The van der Waals surface area contributed by atoms with Crippen molar-refractivity contribution in [2.75, 3.05) is 31.2 Å². The molecule has 12 nitrogen and oxygen atoms in total. The number of carbonyl (C=O) groups excluding carboxylic acids is 2. The van der Waals surface area contributed by atoms with Crippen LogP contribution in [0.1, 0.15) is 65.5 Å². The van der Waals surface area contributed by atoms with Gasteiger partial charge in [-0.2, -0.15) is 4.72 Å². The molecule has 0 aromatic heterocycles. The predicted octanol–water partition coefficient (Wildman–Crippen LogP) is 7.58. The third-order valence-corrected chi connectivity index (χ3v) is 15.3. The van der Waals surface area contributed by atoms with Crippen molar-refractivity contribution in [3.05, 3.63) is 191 Å². The highest BCUT2D eigenvalue weighted by Crippen LogP contribution is 2.43. The Morgan fingerprint density at radius 1 is 0.779 bits per heavy atom. The summed E-state index contributed by atoms with van der Waals surface area (Å²) >= 11 is 0. The molecular formula is C55H59N5O7S. The van der Waals surface area contributed by atoms with Gasteiger partial charge in [0.15, 0.2) is 6.29 Å². The zero-order chi connectivity index (χ0) is 47.3. The number of carbonyl (C=O) groups is 2. The van der Waals surface area contributed by atoms with Gasteiger partial charge in [-0.3, -0.25) is 9.59 Å². The summed E-state index contributed by atoms with van der Waals surface area (Å²) in [5, 5.41) is 15.9. The Bertz CT molecular complexity index is 2770. The molecule has 13 heteroatoms. The molecule has 68 heavy (non-hydrogen) atoms. The summed E-state index contributed by atoms with van der Waals surface area (Å²) in [6, 6.07) is 49.0. The summed E-state index contributed by atoms with van der Waals surface area (Å²) in [7, 11) is -3.98. The maximum Gasteiger partial charge on any atom is 0.247 e. The standard InChI is InChI=1S/C55H59N5O7S/c1-38-16-26-48(27-17-38)68(64,65)58-49(33-40-10-5-3-6-11-40)52(62)56-34-42-12-9-13-46(32-42)43-22-24-45(25-23-43)53-66-50(39(2)51(67-53)44-20-18-41(36-61)19-21-44)35-59-30-28-55(29-31-59)54(63)57-37-60(55)47-14-7-4-8-15-47/h3-27,32,39,49-51,53,58,61H,28-31,33-37H2,1-2H3,(H,56,62)(H,57,63)/t39-,49-,50+,51+,53+/m1/s1. The van der Waals surface area contributed by atoms with E-state index in [1.807, 2.05) is 128 Å². The van der Waals surface area contributed by atoms with Crippen molar-refractivity contribution in [1.82, 2.24) is 20.3 Å². The van der Waals surface area contributed by atoms with Crippen LogP contribution < -0.4 is 20.3 Å². The van der Waals surface area contributed by atoms with Gasteiger partial charge in [0.1, 0.15) is 11.6 Å². The Morgan fingerprint density at radius 3 is 2.13 bits per heavy atom. The molecule has 9 rings (SSSR count). The lowest BCUT2D eigenvalue weighted by molar-refractivity contribution is -0.276. The van der Waals surface area contributed by atoms with E-state index in [1.54, 1.807) is 24.3 Å². The molecule has 0 bridgehead atoms. The van der Waals surface area contributed by atoms with Gasteiger partial charge in [-0.1, -0.05) is 140 Å². The average molecular weight is 934 g/mol. The maximum atomic E-state index is 13.8. The quantitative estimate of drug-likeness (QED) is 0.0818. The number of ether oxygens (including phenoxy) is 2. The highest BCUT2D eigenvalue weighted by Gasteiger charge is 2.51. The SMILES string of the molecule is Cc1ccc(S(=O)(=O)N[C@H](Cc2ccccc2)C(=O)NCc2cccc(-c3ccc([C@H]4O[C@@H](CN5CCC6(CC5)C(=O)NCN6c5ccccc5)[C@@H](C)[C@@H](c5ccc(CO)cc5)O4)cc3)c2)cc1. The van der Waals surface area contributed by atoms with Crippen LogP contribution in [0.3, 0.4) is 0 Å². The molecule has 3 aliphatic heterocycles. The number of para-hydroxylation sites is 1. The van der Waals surface area contributed by atoms with E-state index in [1.165, 1.54) is 0 Å². The van der Waals surface area contributed by atoms with E-state index < -0.39 is 33.8 Å². The van der Waals surface area contributed by atoms with Crippen molar-refractivity contribution in [1.29, 1.82) is 0 Å². The lowest BCUT2D eigenvalue weighted by atomic mass is 9.84. The summed E-state index contributed by atoms with van der Waals surface area (Å²) in [6.07, 6.45) is 0.508. The number of likely N-dealkylation sites (tertiary alicyclic amines) is 1. The van der Waals surface area contributed by atoms with Gasteiger partial charge in [0.2, 0.25) is 21.8 Å². The van der Waals surface area contributed by atoms with Gasteiger partial charge in [-0.15, -0.1) is 0 Å². The number of aliphatic hydroxyl groups is 1. The van der Waals surface area contributed by atoms with Gasteiger partial charge in [0, 0.05) is 43.3 Å². The van der Waals surface area contributed by atoms with E-state index in [0.29, 0.717) is 26.1 Å². The largest absolute Gasteiger partial charge is 0.392 e. The lowest BCUT2D eigenvalue weighted by Gasteiger charge is -2.46. The first kappa shape index (κ1) is 46.9. The van der Waals surface area contributed by atoms with Gasteiger partial charge in [0.05, 0.1) is 30.4 Å². The van der Waals surface area contributed by atoms with Crippen LogP contribution in [0.2, 0.25) is 0 Å².